The van der Waals surface area contributed by atoms with Crippen LogP contribution in [0.5, 0.6) is 0 Å². The maximum atomic E-state index is 5.78. The van der Waals surface area contributed by atoms with E-state index in [1.807, 2.05) is 19.3 Å². The Morgan fingerprint density at radius 2 is 2.06 bits per heavy atom. The average Bonchev–Trinajstić information content (AvgIpc) is 3.15. The largest absolute Gasteiger partial charge is 0.338 e. The Morgan fingerprint density at radius 1 is 1.39 bits per heavy atom. The molecule has 1 saturated carbocycles. The summed E-state index contributed by atoms with van der Waals surface area (Å²) >= 11 is 0. The molecule has 0 amide bonds. The third-order valence-corrected chi connectivity index (χ3v) is 3.25. The van der Waals surface area contributed by atoms with Crippen LogP contribution < -0.4 is 10.6 Å². The second-order valence-electron chi connectivity index (χ2n) is 5.35. The summed E-state index contributed by atoms with van der Waals surface area (Å²) in [5.41, 5.74) is 6.91. The van der Waals surface area contributed by atoms with E-state index in [1.165, 1.54) is 25.7 Å². The smallest absolute Gasteiger partial charge is 0.225 e. The van der Waals surface area contributed by atoms with Gasteiger partial charge in [-0.15, -0.1) is 0 Å². The van der Waals surface area contributed by atoms with Gasteiger partial charge in [0.25, 0.3) is 0 Å². The first-order chi connectivity index (χ1) is 8.70. The summed E-state index contributed by atoms with van der Waals surface area (Å²) in [5, 5.41) is 0. The maximum absolute atomic E-state index is 5.78. The molecule has 0 spiro atoms. The van der Waals surface area contributed by atoms with Crippen molar-refractivity contribution < 1.29 is 0 Å². The Balaban J connectivity index is 2.01. The van der Waals surface area contributed by atoms with Crippen molar-refractivity contribution in [1.82, 2.24) is 9.97 Å². The van der Waals surface area contributed by atoms with Gasteiger partial charge in [-0.3, -0.25) is 0 Å². The van der Waals surface area contributed by atoms with Crippen LogP contribution in [0.3, 0.4) is 0 Å². The normalized spacial score (nSPS) is 16.6. The number of hydrogen-bond acceptors (Lipinski definition) is 4. The van der Waals surface area contributed by atoms with E-state index in [0.717, 1.165) is 24.5 Å². The summed E-state index contributed by atoms with van der Waals surface area (Å²) in [7, 11) is 0. The van der Waals surface area contributed by atoms with E-state index in [2.05, 4.69) is 21.8 Å². The van der Waals surface area contributed by atoms with Crippen molar-refractivity contribution in [3.8, 4) is 0 Å². The molecule has 4 heteroatoms. The van der Waals surface area contributed by atoms with Crippen LogP contribution in [-0.2, 0) is 6.42 Å². The zero-order valence-corrected chi connectivity index (χ0v) is 11.5. The Labute approximate surface area is 110 Å². The van der Waals surface area contributed by atoms with Gasteiger partial charge in [0.2, 0.25) is 5.95 Å². The van der Waals surface area contributed by atoms with Crippen molar-refractivity contribution >= 4 is 5.95 Å². The maximum Gasteiger partial charge on any atom is 0.225 e. The molecular weight excluding hydrogens is 224 g/mol. The van der Waals surface area contributed by atoms with Gasteiger partial charge < -0.3 is 10.6 Å². The van der Waals surface area contributed by atoms with Crippen LogP contribution >= 0.6 is 0 Å². The fourth-order valence-corrected chi connectivity index (χ4v) is 2.13. The van der Waals surface area contributed by atoms with Crippen molar-refractivity contribution in [2.75, 3.05) is 11.4 Å². The lowest BCUT2D eigenvalue weighted by molar-refractivity contribution is 0.689. The van der Waals surface area contributed by atoms with Gasteiger partial charge in [-0.2, -0.15) is 0 Å². The molecule has 2 rings (SSSR count). The highest BCUT2D eigenvalue weighted by molar-refractivity contribution is 5.34. The summed E-state index contributed by atoms with van der Waals surface area (Å²) in [6, 6.07) is 0.843. The van der Waals surface area contributed by atoms with Gasteiger partial charge >= 0.3 is 0 Å². The van der Waals surface area contributed by atoms with Crippen LogP contribution in [-0.4, -0.2) is 28.6 Å². The minimum Gasteiger partial charge on any atom is -0.338 e. The second kappa shape index (κ2) is 6.14. The molecule has 1 aromatic heterocycles. The molecular formula is C14H24N4. The van der Waals surface area contributed by atoms with Crippen molar-refractivity contribution in [1.29, 1.82) is 0 Å². The average molecular weight is 248 g/mol. The number of hydrogen-bond donors (Lipinski definition) is 1. The van der Waals surface area contributed by atoms with Crippen LogP contribution in [0.4, 0.5) is 5.95 Å². The lowest BCUT2D eigenvalue weighted by Gasteiger charge is -2.22. The van der Waals surface area contributed by atoms with Gasteiger partial charge in [0.05, 0.1) is 0 Å². The third-order valence-electron chi connectivity index (χ3n) is 3.25. The summed E-state index contributed by atoms with van der Waals surface area (Å²) in [4.78, 5) is 11.4. The molecule has 0 aromatic carbocycles. The topological polar surface area (TPSA) is 55.0 Å². The zero-order valence-electron chi connectivity index (χ0n) is 11.5. The van der Waals surface area contributed by atoms with Gasteiger partial charge in [0.1, 0.15) is 0 Å². The number of nitrogens with zero attached hydrogens (tertiary/aromatic N) is 3. The summed E-state index contributed by atoms with van der Waals surface area (Å²) in [6.07, 6.45) is 9.69. The summed E-state index contributed by atoms with van der Waals surface area (Å²) in [5.74, 6) is 0.888. The van der Waals surface area contributed by atoms with Gasteiger partial charge in [0, 0.05) is 31.0 Å². The van der Waals surface area contributed by atoms with Crippen LogP contribution in [0, 0.1) is 0 Å². The molecule has 1 atom stereocenters. The van der Waals surface area contributed by atoms with Crippen LogP contribution in [0.2, 0.25) is 0 Å². The fraction of sp³-hybridized carbons (Fsp3) is 0.714. The molecule has 1 heterocycles. The van der Waals surface area contributed by atoms with Gasteiger partial charge in [-0.25, -0.2) is 9.97 Å². The first kappa shape index (κ1) is 13.3. The molecule has 0 aliphatic heterocycles. The van der Waals surface area contributed by atoms with Crippen molar-refractivity contribution in [3.05, 3.63) is 18.0 Å². The molecule has 1 aliphatic rings. The van der Waals surface area contributed by atoms with Gasteiger partial charge in [0.15, 0.2) is 0 Å². The molecule has 1 unspecified atom stereocenters. The lowest BCUT2D eigenvalue weighted by Crippen LogP contribution is -2.28. The van der Waals surface area contributed by atoms with E-state index < -0.39 is 0 Å². The van der Waals surface area contributed by atoms with E-state index in [4.69, 9.17) is 5.73 Å². The molecule has 0 radical (unpaired) electrons. The van der Waals surface area contributed by atoms with Crippen molar-refractivity contribution in [3.63, 3.8) is 0 Å². The zero-order chi connectivity index (χ0) is 13.0. The van der Waals surface area contributed by atoms with Crippen LogP contribution in [0.25, 0.3) is 0 Å². The van der Waals surface area contributed by atoms with E-state index in [1.54, 1.807) is 0 Å². The Morgan fingerprint density at radius 3 is 2.56 bits per heavy atom. The number of aromatic nitrogens is 2. The number of nitrogens with two attached hydrogens (primary N) is 1. The first-order valence-electron chi connectivity index (χ1n) is 7.04. The SMILES string of the molecule is CCCCN(c1ncc(CC(C)N)cn1)C1CC1. The highest BCUT2D eigenvalue weighted by atomic mass is 15.3. The van der Waals surface area contributed by atoms with Crippen LogP contribution in [0.15, 0.2) is 12.4 Å². The first-order valence-corrected chi connectivity index (χ1v) is 7.04. The molecule has 0 bridgehead atoms. The summed E-state index contributed by atoms with van der Waals surface area (Å²) < 4.78 is 0. The van der Waals surface area contributed by atoms with E-state index >= 15 is 0 Å². The van der Waals surface area contributed by atoms with Crippen molar-refractivity contribution in [2.45, 2.75) is 58.0 Å². The Kier molecular flexibility index (Phi) is 4.53. The molecule has 100 valence electrons. The number of rotatable bonds is 7. The van der Waals surface area contributed by atoms with Crippen LogP contribution in [0.1, 0.15) is 45.1 Å². The molecule has 1 fully saturated rings. The predicted octanol–water partition coefficient (Wildman–Crippen LogP) is 2.14. The summed E-state index contributed by atoms with van der Waals surface area (Å²) in [6.45, 7) is 5.30. The molecule has 1 aliphatic carbocycles. The molecule has 18 heavy (non-hydrogen) atoms. The molecule has 2 N–H and O–H groups in total. The molecule has 1 aromatic rings. The number of anilines is 1. The quantitative estimate of drug-likeness (QED) is 0.803. The Bertz CT molecular complexity index is 357. The standard InChI is InChI=1S/C14H24N4/c1-3-4-7-18(13-5-6-13)14-16-9-12(10-17-14)8-11(2)15/h9-11,13H,3-8,15H2,1-2H3. The highest BCUT2D eigenvalue weighted by Gasteiger charge is 2.30. The van der Waals surface area contributed by atoms with Gasteiger partial charge in [-0.05, 0) is 38.2 Å². The second-order valence-corrected chi connectivity index (χ2v) is 5.35. The highest BCUT2D eigenvalue weighted by Crippen LogP contribution is 2.29. The monoisotopic (exact) mass is 248 g/mol. The minimum absolute atomic E-state index is 0.166. The fourth-order valence-electron chi connectivity index (χ4n) is 2.13. The lowest BCUT2D eigenvalue weighted by atomic mass is 10.1. The van der Waals surface area contributed by atoms with Gasteiger partial charge in [-0.1, -0.05) is 13.3 Å². The van der Waals surface area contributed by atoms with Crippen molar-refractivity contribution in [2.24, 2.45) is 5.73 Å². The van der Waals surface area contributed by atoms with E-state index in [9.17, 15) is 0 Å². The van der Waals surface area contributed by atoms with E-state index in [0.29, 0.717) is 6.04 Å². The molecule has 0 saturated heterocycles. The molecule has 4 nitrogen and oxygen atoms in total. The van der Waals surface area contributed by atoms with E-state index in [-0.39, 0.29) is 6.04 Å². The minimum atomic E-state index is 0.166. The predicted molar refractivity (Wildman–Crippen MR) is 74.7 cm³/mol. The third kappa shape index (κ3) is 3.67. The number of unbranched alkanes of at least 4 members (excludes halogenated alkanes) is 1. The Hall–Kier alpha value is -1.16.